The van der Waals surface area contributed by atoms with Crippen LogP contribution >= 0.6 is 12.4 Å². The highest BCUT2D eigenvalue weighted by Gasteiger charge is 2.31. The Labute approximate surface area is 158 Å². The lowest BCUT2D eigenvalue weighted by Crippen LogP contribution is -2.45. The molecule has 1 heterocycles. The van der Waals surface area contributed by atoms with Crippen LogP contribution in [0.1, 0.15) is 44.1 Å². The molecule has 1 aromatic carbocycles. The number of ether oxygens (including phenoxy) is 3. The summed E-state index contributed by atoms with van der Waals surface area (Å²) in [5, 5.41) is 0. The van der Waals surface area contributed by atoms with Crippen molar-refractivity contribution in [2.45, 2.75) is 57.1 Å². The average Bonchev–Trinajstić information content (AvgIpc) is 3.16. The number of nitrogens with zero attached hydrogens (tertiary/aromatic N) is 1. The van der Waals surface area contributed by atoms with Gasteiger partial charge >= 0.3 is 0 Å². The zero-order chi connectivity index (χ0) is 16.8. The van der Waals surface area contributed by atoms with E-state index in [2.05, 4.69) is 17.0 Å². The third-order valence-corrected chi connectivity index (χ3v) is 5.45. The van der Waals surface area contributed by atoms with Crippen molar-refractivity contribution in [3.63, 3.8) is 0 Å². The van der Waals surface area contributed by atoms with Crippen LogP contribution in [0.25, 0.3) is 0 Å². The fraction of sp³-hybridized carbons (Fsp3) is 0.700. The highest BCUT2D eigenvalue weighted by molar-refractivity contribution is 5.85. The van der Waals surface area contributed by atoms with Crippen LogP contribution in [-0.2, 0) is 11.2 Å². The molecule has 3 rings (SSSR count). The topological polar surface area (TPSA) is 30.9 Å². The van der Waals surface area contributed by atoms with Gasteiger partial charge in [-0.2, -0.15) is 0 Å². The van der Waals surface area contributed by atoms with E-state index in [1.165, 1.54) is 57.2 Å². The molecule has 1 aliphatic heterocycles. The molecule has 1 unspecified atom stereocenters. The standard InChI is InChI=1S/C20H31NO3.ClH/c1-22-19-10-9-16(15-20(19)23-2)11-14-24-18-8-4-3-7-17(18)21-12-5-6-13-21;/h9-10,15,17-18H,3-8,11-14H2,1-2H3;1H/t17-,18?;/m1./s1. The van der Waals surface area contributed by atoms with Crippen molar-refractivity contribution in [2.24, 2.45) is 0 Å². The summed E-state index contributed by atoms with van der Waals surface area (Å²) in [7, 11) is 3.35. The molecule has 2 aliphatic rings. The first-order chi connectivity index (χ1) is 11.8. The minimum atomic E-state index is 0. The van der Waals surface area contributed by atoms with Crippen LogP contribution in [0.5, 0.6) is 11.5 Å². The summed E-state index contributed by atoms with van der Waals surface area (Å²) in [6.45, 7) is 3.31. The number of halogens is 1. The summed E-state index contributed by atoms with van der Waals surface area (Å²) in [5.41, 5.74) is 1.24. The molecule has 0 radical (unpaired) electrons. The van der Waals surface area contributed by atoms with Gasteiger partial charge in [-0.3, -0.25) is 4.90 Å². The van der Waals surface area contributed by atoms with Gasteiger partial charge in [0.2, 0.25) is 0 Å². The Hall–Kier alpha value is -0.970. The van der Waals surface area contributed by atoms with E-state index < -0.39 is 0 Å². The van der Waals surface area contributed by atoms with Crippen LogP contribution in [0, 0.1) is 0 Å². The van der Waals surface area contributed by atoms with Gasteiger partial charge in [-0.1, -0.05) is 18.9 Å². The quantitative estimate of drug-likeness (QED) is 0.724. The molecule has 1 saturated heterocycles. The van der Waals surface area contributed by atoms with Gasteiger partial charge in [-0.25, -0.2) is 0 Å². The fourth-order valence-electron chi connectivity index (χ4n) is 4.13. The summed E-state index contributed by atoms with van der Waals surface area (Å²) < 4.78 is 17.0. The summed E-state index contributed by atoms with van der Waals surface area (Å²) in [6, 6.07) is 6.78. The average molecular weight is 370 g/mol. The Kier molecular flexibility index (Phi) is 8.34. The predicted molar refractivity (Wildman–Crippen MR) is 103 cm³/mol. The Morgan fingerprint density at radius 2 is 1.68 bits per heavy atom. The molecule has 2 atom stereocenters. The number of likely N-dealkylation sites (tertiary alicyclic amines) is 1. The maximum Gasteiger partial charge on any atom is 0.160 e. The molecule has 0 amide bonds. The predicted octanol–water partition coefficient (Wildman–Crippen LogP) is 4.09. The Morgan fingerprint density at radius 1 is 0.960 bits per heavy atom. The molecule has 1 aromatic rings. The number of hydrogen-bond acceptors (Lipinski definition) is 4. The van der Waals surface area contributed by atoms with Gasteiger partial charge in [0, 0.05) is 6.04 Å². The maximum atomic E-state index is 6.33. The van der Waals surface area contributed by atoms with Crippen molar-refractivity contribution in [1.29, 1.82) is 0 Å². The first-order valence-corrected chi connectivity index (χ1v) is 9.38. The number of hydrogen-bond donors (Lipinski definition) is 0. The van der Waals surface area contributed by atoms with Gasteiger partial charge in [-0.05, 0) is 62.9 Å². The fourth-order valence-corrected chi connectivity index (χ4v) is 4.13. The molecular formula is C20H32ClNO3. The summed E-state index contributed by atoms with van der Waals surface area (Å²) in [4.78, 5) is 2.67. The highest BCUT2D eigenvalue weighted by atomic mass is 35.5. The third kappa shape index (κ3) is 5.25. The summed E-state index contributed by atoms with van der Waals surface area (Å²) in [6.07, 6.45) is 9.24. The minimum absolute atomic E-state index is 0. The Bertz CT molecular complexity index is 520. The van der Waals surface area contributed by atoms with Gasteiger partial charge in [-0.15, -0.1) is 12.4 Å². The molecule has 4 nitrogen and oxygen atoms in total. The molecular weight excluding hydrogens is 338 g/mol. The summed E-state index contributed by atoms with van der Waals surface area (Å²) in [5.74, 6) is 1.58. The summed E-state index contributed by atoms with van der Waals surface area (Å²) >= 11 is 0. The van der Waals surface area contributed by atoms with Crippen molar-refractivity contribution < 1.29 is 14.2 Å². The zero-order valence-electron chi connectivity index (χ0n) is 15.5. The molecule has 0 aromatic heterocycles. The Morgan fingerprint density at radius 3 is 2.40 bits per heavy atom. The van der Waals surface area contributed by atoms with Crippen LogP contribution < -0.4 is 9.47 Å². The van der Waals surface area contributed by atoms with E-state index in [0.29, 0.717) is 12.1 Å². The van der Waals surface area contributed by atoms with Crippen molar-refractivity contribution in [2.75, 3.05) is 33.9 Å². The third-order valence-electron chi connectivity index (χ3n) is 5.45. The molecule has 5 heteroatoms. The van der Waals surface area contributed by atoms with E-state index in [-0.39, 0.29) is 12.4 Å². The molecule has 25 heavy (non-hydrogen) atoms. The minimum Gasteiger partial charge on any atom is -0.493 e. The maximum absolute atomic E-state index is 6.33. The second kappa shape index (κ2) is 10.2. The van der Waals surface area contributed by atoms with E-state index >= 15 is 0 Å². The SMILES string of the molecule is COc1ccc(CCOC2CCCC[C@H]2N2CCCC2)cc1OC.Cl. The largest absolute Gasteiger partial charge is 0.493 e. The van der Waals surface area contributed by atoms with E-state index in [9.17, 15) is 0 Å². The van der Waals surface area contributed by atoms with Crippen LogP contribution in [-0.4, -0.2) is 51.0 Å². The van der Waals surface area contributed by atoms with Crippen molar-refractivity contribution in [3.05, 3.63) is 23.8 Å². The van der Waals surface area contributed by atoms with Gasteiger partial charge in [0.15, 0.2) is 11.5 Å². The molecule has 142 valence electrons. The monoisotopic (exact) mass is 369 g/mol. The highest BCUT2D eigenvalue weighted by Crippen LogP contribution is 2.29. The van der Waals surface area contributed by atoms with E-state index in [0.717, 1.165) is 24.5 Å². The lowest BCUT2D eigenvalue weighted by atomic mass is 9.91. The van der Waals surface area contributed by atoms with Gasteiger partial charge in [0.25, 0.3) is 0 Å². The number of benzene rings is 1. The Balaban J connectivity index is 0.00000225. The normalized spacial score (nSPS) is 23.9. The molecule has 0 bridgehead atoms. The van der Waals surface area contributed by atoms with Gasteiger partial charge in [0.1, 0.15) is 0 Å². The smallest absolute Gasteiger partial charge is 0.160 e. The molecule has 1 saturated carbocycles. The van der Waals surface area contributed by atoms with Crippen LogP contribution in [0.4, 0.5) is 0 Å². The molecule has 1 aliphatic carbocycles. The van der Waals surface area contributed by atoms with Crippen LogP contribution in [0.15, 0.2) is 18.2 Å². The lowest BCUT2D eigenvalue weighted by Gasteiger charge is -2.37. The number of rotatable bonds is 7. The van der Waals surface area contributed by atoms with E-state index in [4.69, 9.17) is 14.2 Å². The van der Waals surface area contributed by atoms with E-state index in [1.54, 1.807) is 14.2 Å². The first kappa shape index (κ1) is 20.3. The van der Waals surface area contributed by atoms with Gasteiger partial charge < -0.3 is 14.2 Å². The van der Waals surface area contributed by atoms with Crippen molar-refractivity contribution >= 4 is 12.4 Å². The molecule has 0 N–H and O–H groups in total. The van der Waals surface area contributed by atoms with Gasteiger partial charge in [0.05, 0.1) is 26.9 Å². The molecule has 0 spiro atoms. The lowest BCUT2D eigenvalue weighted by molar-refractivity contribution is -0.0290. The van der Waals surface area contributed by atoms with E-state index in [1.807, 2.05) is 6.07 Å². The molecule has 2 fully saturated rings. The van der Waals surface area contributed by atoms with Crippen LogP contribution in [0.3, 0.4) is 0 Å². The second-order valence-corrected chi connectivity index (χ2v) is 6.94. The zero-order valence-corrected chi connectivity index (χ0v) is 16.4. The second-order valence-electron chi connectivity index (χ2n) is 6.94. The van der Waals surface area contributed by atoms with Crippen molar-refractivity contribution in [1.82, 2.24) is 4.90 Å². The van der Waals surface area contributed by atoms with Crippen LogP contribution in [0.2, 0.25) is 0 Å². The number of methoxy groups -OCH3 is 2. The van der Waals surface area contributed by atoms with Crippen molar-refractivity contribution in [3.8, 4) is 11.5 Å². The first-order valence-electron chi connectivity index (χ1n) is 9.38.